The number of nitrogens with zero attached hydrogens (tertiary/aromatic N) is 5. The smallest absolute Gasteiger partial charge is 0.406 e. The second kappa shape index (κ2) is 10.3. The maximum Gasteiger partial charge on any atom is 0.573 e. The molecule has 35 heavy (non-hydrogen) atoms. The molecule has 0 saturated carbocycles. The first kappa shape index (κ1) is 24.4. The van der Waals surface area contributed by atoms with E-state index in [0.29, 0.717) is 22.8 Å². The van der Waals surface area contributed by atoms with Crippen LogP contribution in [0, 0.1) is 6.92 Å². The number of hydrogen-bond acceptors (Lipinski definition) is 7. The molecule has 1 fully saturated rings. The molecule has 4 rings (SSSR count). The Morgan fingerprint density at radius 3 is 2.63 bits per heavy atom. The fourth-order valence-corrected chi connectivity index (χ4v) is 3.74. The van der Waals surface area contributed by atoms with Gasteiger partial charge in [0.15, 0.2) is 5.65 Å². The molecule has 0 unspecified atom stereocenters. The molecule has 1 saturated heterocycles. The number of carbonyl (C=O) groups excluding carboxylic acids is 1. The average Bonchev–Trinajstić information content (AvgIpc) is 3.02. The molecule has 1 aromatic carbocycles. The molecule has 0 spiro atoms. The first-order valence-electron chi connectivity index (χ1n) is 11.1. The van der Waals surface area contributed by atoms with Gasteiger partial charge < -0.3 is 19.9 Å². The van der Waals surface area contributed by atoms with E-state index in [-0.39, 0.29) is 5.75 Å². The second-order valence-corrected chi connectivity index (χ2v) is 8.29. The summed E-state index contributed by atoms with van der Waals surface area (Å²) in [5.74, 6) is -0.0833. The van der Waals surface area contributed by atoms with E-state index < -0.39 is 12.3 Å². The number of likely N-dealkylation sites (N-methyl/N-ethyl adjacent to an activating group) is 1. The molecular weight excluding hydrogens is 461 g/mol. The molecule has 1 aliphatic heterocycles. The minimum absolute atomic E-state index is 0.328. The number of rotatable bonds is 5. The van der Waals surface area contributed by atoms with Gasteiger partial charge in [-0.1, -0.05) is 12.1 Å². The molecule has 11 heteroatoms. The lowest BCUT2D eigenvalue weighted by molar-refractivity contribution is -0.274. The quantitative estimate of drug-likeness (QED) is 0.546. The third kappa shape index (κ3) is 6.66. The number of pyridine rings is 1. The van der Waals surface area contributed by atoms with Crippen LogP contribution in [0.1, 0.15) is 17.7 Å². The summed E-state index contributed by atoms with van der Waals surface area (Å²) in [6.45, 7) is 5.60. The van der Waals surface area contributed by atoms with Crippen LogP contribution in [0.15, 0.2) is 42.6 Å². The van der Waals surface area contributed by atoms with E-state index >= 15 is 0 Å². The number of aryl methyl sites for hydroxylation is 1. The highest BCUT2D eigenvalue weighted by atomic mass is 19.4. The van der Waals surface area contributed by atoms with Gasteiger partial charge in [0.2, 0.25) is 11.9 Å². The Morgan fingerprint density at radius 2 is 1.89 bits per heavy atom. The van der Waals surface area contributed by atoms with Crippen molar-refractivity contribution in [1.29, 1.82) is 0 Å². The minimum Gasteiger partial charge on any atom is -0.406 e. The fourth-order valence-electron chi connectivity index (χ4n) is 3.74. The van der Waals surface area contributed by atoms with Gasteiger partial charge in [-0.2, -0.15) is 4.98 Å². The molecule has 3 aromatic rings. The maximum atomic E-state index is 12.3. The Morgan fingerprint density at radius 1 is 1.11 bits per heavy atom. The number of carbonyl (C=O) groups is 1. The number of anilines is 2. The number of ether oxygens (including phenoxy) is 1. The largest absolute Gasteiger partial charge is 0.573 e. The van der Waals surface area contributed by atoms with Crippen LogP contribution in [0.3, 0.4) is 0 Å². The van der Waals surface area contributed by atoms with Gasteiger partial charge in [0.05, 0.1) is 17.6 Å². The van der Waals surface area contributed by atoms with Crippen LogP contribution < -0.4 is 15.0 Å². The highest BCUT2D eigenvalue weighted by Crippen LogP contribution is 2.24. The van der Waals surface area contributed by atoms with Gasteiger partial charge in [0, 0.05) is 31.1 Å². The summed E-state index contributed by atoms with van der Waals surface area (Å²) in [4.78, 5) is 30.5. The van der Waals surface area contributed by atoms with Crippen molar-refractivity contribution in [2.75, 3.05) is 43.4 Å². The lowest BCUT2D eigenvalue weighted by Gasteiger charge is -2.21. The number of aromatic nitrogens is 3. The highest BCUT2D eigenvalue weighted by Gasteiger charge is 2.30. The molecule has 0 radical (unpaired) electrons. The van der Waals surface area contributed by atoms with Crippen molar-refractivity contribution in [3.63, 3.8) is 0 Å². The minimum atomic E-state index is -4.75. The van der Waals surface area contributed by atoms with Crippen molar-refractivity contribution < 1.29 is 22.7 Å². The normalized spacial score (nSPS) is 15.4. The van der Waals surface area contributed by atoms with Gasteiger partial charge in [0.1, 0.15) is 5.75 Å². The molecule has 2 aromatic heterocycles. The SMILES string of the molecule is Cc1nc(N2CCCN(C)CC2)nc2ncc(NC(=O)C=Cc3ccc(OC(F)(F)F)cc3)cc12. The topological polar surface area (TPSA) is 83.5 Å². The molecule has 8 nitrogen and oxygen atoms in total. The highest BCUT2D eigenvalue weighted by molar-refractivity contribution is 6.02. The van der Waals surface area contributed by atoms with Gasteiger partial charge in [-0.3, -0.25) is 4.79 Å². The van der Waals surface area contributed by atoms with Gasteiger partial charge >= 0.3 is 6.36 Å². The van der Waals surface area contributed by atoms with E-state index in [9.17, 15) is 18.0 Å². The van der Waals surface area contributed by atoms with E-state index in [1.165, 1.54) is 42.6 Å². The van der Waals surface area contributed by atoms with Gasteiger partial charge in [-0.15, -0.1) is 13.2 Å². The third-order valence-corrected chi connectivity index (χ3v) is 5.54. The van der Waals surface area contributed by atoms with Crippen LogP contribution in [-0.4, -0.2) is 65.3 Å². The number of amides is 1. The summed E-state index contributed by atoms with van der Waals surface area (Å²) in [5, 5.41) is 3.47. The number of benzene rings is 1. The van der Waals surface area contributed by atoms with Crippen LogP contribution >= 0.6 is 0 Å². The van der Waals surface area contributed by atoms with E-state index in [1.54, 1.807) is 6.07 Å². The molecule has 1 aliphatic rings. The van der Waals surface area contributed by atoms with Gasteiger partial charge in [0.25, 0.3) is 0 Å². The van der Waals surface area contributed by atoms with Crippen LogP contribution in [0.4, 0.5) is 24.8 Å². The van der Waals surface area contributed by atoms with Gasteiger partial charge in [-0.25, -0.2) is 9.97 Å². The summed E-state index contributed by atoms with van der Waals surface area (Å²) in [7, 11) is 2.10. The summed E-state index contributed by atoms with van der Waals surface area (Å²) in [6, 6.07) is 6.97. The number of fused-ring (bicyclic) bond motifs is 1. The fraction of sp³-hybridized carbons (Fsp3) is 0.333. The van der Waals surface area contributed by atoms with Crippen molar-refractivity contribution >= 4 is 34.7 Å². The van der Waals surface area contributed by atoms with E-state index in [4.69, 9.17) is 0 Å². The third-order valence-electron chi connectivity index (χ3n) is 5.54. The summed E-state index contributed by atoms with van der Waals surface area (Å²) < 4.78 is 40.6. The zero-order chi connectivity index (χ0) is 25.0. The maximum absolute atomic E-state index is 12.3. The van der Waals surface area contributed by atoms with Crippen molar-refractivity contribution in [2.24, 2.45) is 0 Å². The van der Waals surface area contributed by atoms with E-state index in [2.05, 4.69) is 41.9 Å². The zero-order valence-corrected chi connectivity index (χ0v) is 19.3. The molecule has 184 valence electrons. The van der Waals surface area contributed by atoms with Crippen LogP contribution in [0.25, 0.3) is 17.1 Å². The van der Waals surface area contributed by atoms with Crippen LogP contribution in [-0.2, 0) is 4.79 Å². The molecule has 0 atom stereocenters. The monoisotopic (exact) mass is 486 g/mol. The molecular formula is C24H25F3N6O2. The molecule has 1 N–H and O–H groups in total. The first-order valence-corrected chi connectivity index (χ1v) is 11.1. The van der Waals surface area contributed by atoms with Crippen molar-refractivity contribution in [3.05, 3.63) is 53.9 Å². The zero-order valence-electron chi connectivity index (χ0n) is 19.3. The standard InChI is InChI=1S/C24H25F3N6O2/c1-16-20-14-18(15-28-22(20)31-23(29-16)33-11-3-10-32(2)12-13-33)30-21(34)9-6-17-4-7-19(8-5-17)35-24(25,26)27/h4-9,14-15H,3,10-13H2,1-2H3,(H,30,34). The van der Waals surface area contributed by atoms with E-state index in [0.717, 1.165) is 43.7 Å². The summed E-state index contributed by atoms with van der Waals surface area (Å²) in [5.41, 5.74) is 2.35. The van der Waals surface area contributed by atoms with Crippen molar-refractivity contribution in [3.8, 4) is 5.75 Å². The predicted octanol–water partition coefficient (Wildman–Crippen LogP) is 4.03. The van der Waals surface area contributed by atoms with Gasteiger partial charge in [-0.05, 0) is 56.8 Å². The summed E-state index contributed by atoms with van der Waals surface area (Å²) >= 11 is 0. The Bertz CT molecular complexity index is 1230. The first-order chi connectivity index (χ1) is 16.7. The number of halogens is 3. The molecule has 0 bridgehead atoms. The predicted molar refractivity (Wildman–Crippen MR) is 127 cm³/mol. The Balaban J connectivity index is 1.42. The Hall–Kier alpha value is -3.73. The molecule has 0 aliphatic carbocycles. The Kier molecular flexibility index (Phi) is 7.15. The average molecular weight is 486 g/mol. The second-order valence-electron chi connectivity index (χ2n) is 8.29. The number of alkyl halides is 3. The molecule has 1 amide bonds. The lowest BCUT2D eigenvalue weighted by atomic mass is 10.2. The Labute approximate surface area is 200 Å². The van der Waals surface area contributed by atoms with E-state index in [1.807, 2.05) is 6.92 Å². The number of hydrogen-bond donors (Lipinski definition) is 1. The lowest BCUT2D eigenvalue weighted by Crippen LogP contribution is -2.30. The summed E-state index contributed by atoms with van der Waals surface area (Å²) in [6.07, 6.45) is 0.589. The van der Waals surface area contributed by atoms with Crippen LogP contribution in [0.2, 0.25) is 0 Å². The van der Waals surface area contributed by atoms with Crippen molar-refractivity contribution in [2.45, 2.75) is 19.7 Å². The van der Waals surface area contributed by atoms with Crippen LogP contribution in [0.5, 0.6) is 5.75 Å². The van der Waals surface area contributed by atoms with Crippen molar-refractivity contribution in [1.82, 2.24) is 19.9 Å². The number of nitrogens with one attached hydrogen (secondary N) is 1. The molecule has 3 heterocycles.